The molecule has 7 heavy (non-hydrogen) atoms. The van der Waals surface area contributed by atoms with Gasteiger partial charge in [0.2, 0.25) is 0 Å². The van der Waals surface area contributed by atoms with E-state index in [1.54, 1.807) is 0 Å². The molecule has 0 aromatic heterocycles. The van der Waals surface area contributed by atoms with E-state index in [0.717, 1.165) is 0 Å². The predicted molar refractivity (Wildman–Crippen MR) is 35.3 cm³/mol. The number of hydrogen-bond acceptors (Lipinski definition) is 0. The minimum absolute atomic E-state index is 0.456. The van der Waals surface area contributed by atoms with Gasteiger partial charge < -0.3 is 0 Å². The summed E-state index contributed by atoms with van der Waals surface area (Å²) in [5, 5.41) is 0. The monoisotopic (exact) mass is 157 g/mol. The van der Waals surface area contributed by atoms with Crippen molar-refractivity contribution in [3.8, 4) is 0 Å². The highest BCUT2D eigenvalue weighted by molar-refractivity contribution is 9.09. The highest BCUT2D eigenvalue weighted by atomic mass is 79.9. The number of rotatable bonds is 0. The summed E-state index contributed by atoms with van der Waals surface area (Å²) in [6.45, 7) is 0. The van der Waals surface area contributed by atoms with Crippen molar-refractivity contribution in [1.29, 1.82) is 0 Å². The van der Waals surface area contributed by atoms with E-state index < -0.39 is 0 Å². The van der Waals surface area contributed by atoms with E-state index in [0.29, 0.717) is 4.83 Å². The fourth-order valence-corrected chi connectivity index (χ4v) is 0.821. The molecule has 0 heterocycles. The zero-order valence-corrected chi connectivity index (χ0v) is 5.43. The normalized spacial score (nSPS) is 28.4. The quantitative estimate of drug-likeness (QED) is 0.473. The van der Waals surface area contributed by atoms with Gasteiger partial charge in [-0.15, -0.1) is 0 Å². The molecule has 0 saturated heterocycles. The van der Waals surface area contributed by atoms with Crippen LogP contribution in [0.4, 0.5) is 0 Å². The molecule has 0 aromatic rings. The summed E-state index contributed by atoms with van der Waals surface area (Å²) in [5.74, 6) is 0. The second kappa shape index (κ2) is 2.31. The molecule has 1 aliphatic carbocycles. The van der Waals surface area contributed by atoms with Crippen molar-refractivity contribution in [2.45, 2.75) is 4.83 Å². The minimum Gasteiger partial charge on any atom is -0.0839 e. The molecule has 0 fully saturated rings. The highest BCUT2D eigenvalue weighted by Crippen LogP contribution is 2.09. The van der Waals surface area contributed by atoms with E-state index in [9.17, 15) is 0 Å². The zero-order chi connectivity index (χ0) is 5.11. The Labute approximate surface area is 52.0 Å². The van der Waals surface area contributed by atoms with Crippen molar-refractivity contribution in [2.75, 3.05) is 0 Å². The van der Waals surface area contributed by atoms with Crippen LogP contribution in [0, 0.1) is 6.42 Å². The molecular weight excluding hydrogens is 152 g/mol. The molecule has 0 amide bonds. The van der Waals surface area contributed by atoms with E-state index in [1.165, 1.54) is 0 Å². The molecule has 0 saturated carbocycles. The van der Waals surface area contributed by atoms with E-state index in [-0.39, 0.29) is 0 Å². The first kappa shape index (κ1) is 5.10. The van der Waals surface area contributed by atoms with Gasteiger partial charge in [0.15, 0.2) is 0 Å². The molecule has 1 atom stereocenters. The van der Waals surface area contributed by atoms with Gasteiger partial charge in [0.05, 0.1) is 0 Å². The Hall–Kier alpha value is -0.0400. The lowest BCUT2D eigenvalue weighted by atomic mass is 10.2. The molecule has 1 aliphatic rings. The fraction of sp³-hybridized carbons (Fsp3) is 0.167. The molecule has 37 valence electrons. The summed E-state index contributed by atoms with van der Waals surface area (Å²) in [6.07, 6.45) is 10.2. The van der Waals surface area contributed by atoms with Crippen LogP contribution in [-0.4, -0.2) is 4.83 Å². The smallest absolute Gasteiger partial charge is 0.0397 e. The van der Waals surface area contributed by atoms with E-state index >= 15 is 0 Å². The molecule has 0 nitrogen and oxygen atoms in total. The predicted octanol–water partition coefficient (Wildman–Crippen LogP) is 2.08. The first-order valence-electron chi connectivity index (χ1n) is 2.22. The van der Waals surface area contributed by atoms with Crippen LogP contribution < -0.4 is 0 Å². The Morgan fingerprint density at radius 2 is 2.00 bits per heavy atom. The maximum atomic E-state index is 3.39. The lowest BCUT2D eigenvalue weighted by Gasteiger charge is -1.99. The second-order valence-electron chi connectivity index (χ2n) is 1.41. The van der Waals surface area contributed by atoms with E-state index in [2.05, 4.69) is 28.4 Å². The van der Waals surface area contributed by atoms with Crippen LogP contribution in [0.25, 0.3) is 0 Å². The molecule has 0 aliphatic heterocycles. The topological polar surface area (TPSA) is 0 Å². The van der Waals surface area contributed by atoms with Gasteiger partial charge in [0, 0.05) is 11.2 Å². The number of halogens is 1. The van der Waals surface area contributed by atoms with Gasteiger partial charge in [0.25, 0.3) is 0 Å². The van der Waals surface area contributed by atoms with Crippen LogP contribution in [0.3, 0.4) is 0 Å². The number of alkyl halides is 1. The summed E-state index contributed by atoms with van der Waals surface area (Å²) in [7, 11) is 0. The Balaban J connectivity index is 2.49. The van der Waals surface area contributed by atoms with Gasteiger partial charge in [-0.1, -0.05) is 40.2 Å². The lowest BCUT2D eigenvalue weighted by molar-refractivity contribution is 1.31. The Morgan fingerprint density at radius 1 is 1.14 bits per heavy atom. The molecule has 0 bridgehead atoms. The van der Waals surface area contributed by atoms with Gasteiger partial charge in [-0.05, 0) is 0 Å². The third kappa shape index (κ3) is 1.48. The number of allylic oxidation sites excluding steroid dienone is 4. The number of hydrogen-bond donors (Lipinski definition) is 0. The molecule has 0 N–H and O–H groups in total. The van der Waals surface area contributed by atoms with Crippen LogP contribution in [0.2, 0.25) is 0 Å². The van der Waals surface area contributed by atoms with Gasteiger partial charge >= 0.3 is 0 Å². The Kier molecular flexibility index (Phi) is 1.69. The van der Waals surface area contributed by atoms with Crippen LogP contribution in [0.1, 0.15) is 0 Å². The standard InChI is InChI=1S/C6H6Br/c7-6-4-2-1-3-5-6/h1-6H. The van der Waals surface area contributed by atoms with Crippen LogP contribution in [-0.2, 0) is 0 Å². The molecule has 1 rings (SSSR count). The highest BCUT2D eigenvalue weighted by Gasteiger charge is 1.95. The van der Waals surface area contributed by atoms with Crippen molar-refractivity contribution in [1.82, 2.24) is 0 Å². The van der Waals surface area contributed by atoms with Gasteiger partial charge in [-0.25, -0.2) is 0 Å². The third-order valence-corrected chi connectivity index (χ3v) is 1.42. The Bertz CT molecular complexity index is 103. The van der Waals surface area contributed by atoms with Gasteiger partial charge in [-0.3, -0.25) is 0 Å². The third-order valence-electron chi connectivity index (χ3n) is 0.812. The maximum Gasteiger partial charge on any atom is 0.0397 e. The average molecular weight is 158 g/mol. The second-order valence-corrected chi connectivity index (χ2v) is 2.46. The summed E-state index contributed by atoms with van der Waals surface area (Å²) in [4.78, 5) is 0.456. The molecule has 1 heteroatoms. The summed E-state index contributed by atoms with van der Waals surface area (Å²) >= 11 is 3.39. The first-order chi connectivity index (χ1) is 3.39. The summed E-state index contributed by atoms with van der Waals surface area (Å²) < 4.78 is 0. The molecular formula is C6H6Br. The average Bonchev–Trinajstić information content (AvgIpc) is 1.69. The van der Waals surface area contributed by atoms with Crippen molar-refractivity contribution in [3.63, 3.8) is 0 Å². The molecule has 0 spiro atoms. The fourth-order valence-electron chi connectivity index (χ4n) is 0.469. The molecule has 1 unspecified atom stereocenters. The molecule has 1 radical (unpaired) electrons. The zero-order valence-electron chi connectivity index (χ0n) is 3.84. The van der Waals surface area contributed by atoms with Gasteiger partial charge in [0.1, 0.15) is 0 Å². The van der Waals surface area contributed by atoms with E-state index in [4.69, 9.17) is 0 Å². The summed E-state index contributed by atoms with van der Waals surface area (Å²) in [5.41, 5.74) is 0. The minimum atomic E-state index is 0.456. The van der Waals surface area contributed by atoms with Crippen molar-refractivity contribution < 1.29 is 0 Å². The van der Waals surface area contributed by atoms with Gasteiger partial charge in [-0.2, -0.15) is 0 Å². The summed E-state index contributed by atoms with van der Waals surface area (Å²) in [6, 6.07) is 0. The largest absolute Gasteiger partial charge is 0.0839 e. The van der Waals surface area contributed by atoms with Crippen LogP contribution in [0.15, 0.2) is 24.3 Å². The lowest BCUT2D eigenvalue weighted by Crippen LogP contribution is -1.91. The van der Waals surface area contributed by atoms with E-state index in [1.807, 2.05) is 18.2 Å². The SMILES string of the molecule is BrC1[CH]C=CC=C1. The first-order valence-corrected chi connectivity index (χ1v) is 3.13. The Morgan fingerprint density at radius 3 is 2.29 bits per heavy atom. The van der Waals surface area contributed by atoms with Crippen LogP contribution in [0.5, 0.6) is 0 Å². The molecule has 0 aromatic carbocycles. The van der Waals surface area contributed by atoms with Crippen molar-refractivity contribution in [2.24, 2.45) is 0 Å². The maximum absolute atomic E-state index is 3.39. The van der Waals surface area contributed by atoms with Crippen molar-refractivity contribution in [3.05, 3.63) is 30.7 Å². The van der Waals surface area contributed by atoms with Crippen molar-refractivity contribution >= 4 is 15.9 Å². The van der Waals surface area contributed by atoms with Crippen LogP contribution >= 0.6 is 15.9 Å².